The molecule has 2 aromatic carbocycles. The highest BCUT2D eigenvalue weighted by Gasteiger charge is 2.38. The normalized spacial score (nSPS) is 15.2. The highest BCUT2D eigenvalue weighted by molar-refractivity contribution is 9.10. The van der Waals surface area contributed by atoms with Gasteiger partial charge in [-0.1, -0.05) is 28.1 Å². The number of carbonyl (C=O) groups excluding carboxylic acids is 5. The van der Waals surface area contributed by atoms with E-state index in [0.717, 1.165) is 9.80 Å². The van der Waals surface area contributed by atoms with Gasteiger partial charge < -0.3 is 4.74 Å². The summed E-state index contributed by atoms with van der Waals surface area (Å²) < 4.78 is 5.64. The molecule has 0 fully saturated rings. The van der Waals surface area contributed by atoms with Gasteiger partial charge in [-0.05, 0) is 30.3 Å². The zero-order chi connectivity index (χ0) is 20.0. The van der Waals surface area contributed by atoms with Crippen LogP contribution in [0.3, 0.4) is 0 Å². The maximum absolute atomic E-state index is 12.3. The SMILES string of the molecule is O=C(CN1C(=O)C(=O)c2cc(Br)ccc21)OCN1C(=O)c2ccccc2C1=O. The maximum atomic E-state index is 12.3. The molecular weight excluding hydrogens is 432 g/mol. The van der Waals surface area contributed by atoms with E-state index in [-0.39, 0.29) is 16.7 Å². The molecular formula is C19H11BrN2O6. The van der Waals surface area contributed by atoms with Crippen LogP contribution in [-0.2, 0) is 14.3 Å². The van der Waals surface area contributed by atoms with E-state index in [2.05, 4.69) is 15.9 Å². The minimum Gasteiger partial charge on any atom is -0.442 e. The van der Waals surface area contributed by atoms with Gasteiger partial charge in [0.1, 0.15) is 6.54 Å². The molecule has 2 heterocycles. The number of imide groups is 1. The van der Waals surface area contributed by atoms with Gasteiger partial charge >= 0.3 is 5.97 Å². The predicted octanol–water partition coefficient (Wildman–Crippen LogP) is 1.78. The zero-order valence-corrected chi connectivity index (χ0v) is 15.8. The molecule has 8 nitrogen and oxygen atoms in total. The number of hydrogen-bond acceptors (Lipinski definition) is 6. The van der Waals surface area contributed by atoms with E-state index in [1.165, 1.54) is 18.2 Å². The molecule has 4 rings (SSSR count). The highest BCUT2D eigenvalue weighted by atomic mass is 79.9. The first-order valence-corrected chi connectivity index (χ1v) is 8.94. The number of hydrogen-bond donors (Lipinski definition) is 0. The first kappa shape index (κ1) is 18.1. The molecule has 0 saturated carbocycles. The molecule has 9 heteroatoms. The summed E-state index contributed by atoms with van der Waals surface area (Å²) >= 11 is 3.23. The molecule has 140 valence electrons. The summed E-state index contributed by atoms with van der Waals surface area (Å²) in [6, 6.07) is 11.0. The third kappa shape index (κ3) is 2.80. The summed E-state index contributed by atoms with van der Waals surface area (Å²) in [6.07, 6.45) is 0. The molecule has 2 aliphatic heterocycles. The number of amides is 3. The first-order valence-electron chi connectivity index (χ1n) is 8.15. The number of anilines is 1. The van der Waals surface area contributed by atoms with E-state index in [9.17, 15) is 24.0 Å². The number of rotatable bonds is 4. The van der Waals surface area contributed by atoms with Crippen molar-refractivity contribution in [3.05, 3.63) is 63.6 Å². The van der Waals surface area contributed by atoms with E-state index >= 15 is 0 Å². The van der Waals surface area contributed by atoms with Crippen molar-refractivity contribution in [2.45, 2.75) is 0 Å². The molecule has 0 N–H and O–H groups in total. The quantitative estimate of drug-likeness (QED) is 0.406. The van der Waals surface area contributed by atoms with Crippen LogP contribution in [0, 0.1) is 0 Å². The average molecular weight is 443 g/mol. The summed E-state index contributed by atoms with van der Waals surface area (Å²) in [5.74, 6) is -3.53. The molecule has 3 amide bonds. The van der Waals surface area contributed by atoms with Crippen molar-refractivity contribution in [2.75, 3.05) is 18.2 Å². The molecule has 2 aromatic rings. The minimum absolute atomic E-state index is 0.188. The zero-order valence-electron chi connectivity index (χ0n) is 14.2. The van der Waals surface area contributed by atoms with E-state index in [1.807, 2.05) is 0 Å². The Hall–Kier alpha value is -3.33. The third-order valence-electron chi connectivity index (χ3n) is 4.45. The topological polar surface area (TPSA) is 101 Å². The Kier molecular flexibility index (Phi) is 4.31. The number of halogens is 1. The van der Waals surface area contributed by atoms with Crippen molar-refractivity contribution >= 4 is 51.1 Å². The van der Waals surface area contributed by atoms with Crippen LogP contribution in [0.5, 0.6) is 0 Å². The lowest BCUT2D eigenvalue weighted by Crippen LogP contribution is -2.38. The Labute approximate surface area is 166 Å². The molecule has 28 heavy (non-hydrogen) atoms. The van der Waals surface area contributed by atoms with Crippen molar-refractivity contribution in [2.24, 2.45) is 0 Å². The second-order valence-electron chi connectivity index (χ2n) is 6.11. The maximum Gasteiger partial charge on any atom is 0.327 e. The van der Waals surface area contributed by atoms with E-state index in [0.29, 0.717) is 10.2 Å². The van der Waals surface area contributed by atoms with Crippen molar-refractivity contribution in [3.8, 4) is 0 Å². The van der Waals surface area contributed by atoms with Gasteiger partial charge in [0.25, 0.3) is 23.5 Å². The van der Waals surface area contributed by atoms with Gasteiger partial charge in [0.15, 0.2) is 6.73 Å². The second-order valence-corrected chi connectivity index (χ2v) is 7.03. The highest BCUT2D eigenvalue weighted by Crippen LogP contribution is 2.31. The van der Waals surface area contributed by atoms with E-state index in [4.69, 9.17) is 4.74 Å². The predicted molar refractivity (Wildman–Crippen MR) is 98.7 cm³/mol. The summed E-state index contributed by atoms with van der Waals surface area (Å²) in [7, 11) is 0. The molecule has 2 aliphatic rings. The van der Waals surface area contributed by atoms with Crippen LogP contribution < -0.4 is 4.90 Å². The summed E-state index contributed by atoms with van der Waals surface area (Å²) in [5, 5.41) is 0. The number of ether oxygens (including phenoxy) is 1. The summed E-state index contributed by atoms with van der Waals surface area (Å²) in [6.45, 7) is -1.09. The van der Waals surface area contributed by atoms with Gasteiger partial charge in [0.2, 0.25) is 0 Å². The van der Waals surface area contributed by atoms with Crippen molar-refractivity contribution in [1.82, 2.24) is 4.90 Å². The van der Waals surface area contributed by atoms with Crippen LogP contribution in [0.25, 0.3) is 0 Å². The fraction of sp³-hybridized carbons (Fsp3) is 0.105. The fourth-order valence-corrected chi connectivity index (χ4v) is 3.46. The van der Waals surface area contributed by atoms with E-state index in [1.54, 1.807) is 24.3 Å². The number of nitrogens with zero attached hydrogens (tertiary/aromatic N) is 2. The van der Waals surface area contributed by atoms with Crippen molar-refractivity contribution < 1.29 is 28.7 Å². The molecule has 0 radical (unpaired) electrons. The van der Waals surface area contributed by atoms with Crippen LogP contribution in [0.15, 0.2) is 46.9 Å². The molecule has 0 atom stereocenters. The van der Waals surface area contributed by atoms with Gasteiger partial charge in [-0.25, -0.2) is 4.90 Å². The van der Waals surface area contributed by atoms with Crippen LogP contribution in [0.2, 0.25) is 0 Å². The Balaban J connectivity index is 1.44. The van der Waals surface area contributed by atoms with Gasteiger partial charge in [-0.2, -0.15) is 0 Å². The van der Waals surface area contributed by atoms with Crippen LogP contribution in [-0.4, -0.2) is 47.6 Å². The van der Waals surface area contributed by atoms with Gasteiger partial charge in [-0.15, -0.1) is 0 Å². The number of esters is 1. The smallest absolute Gasteiger partial charge is 0.327 e. The Morgan fingerprint density at radius 1 is 0.857 bits per heavy atom. The van der Waals surface area contributed by atoms with Crippen molar-refractivity contribution in [1.29, 1.82) is 0 Å². The standard InChI is InChI=1S/C19H11BrN2O6/c20-10-5-6-14-13(7-10)16(24)19(27)21(14)8-15(23)28-9-22-17(25)11-3-1-2-4-12(11)18(22)26/h1-7H,8-9H2. The Morgan fingerprint density at radius 3 is 2.14 bits per heavy atom. The number of Topliss-reactive ketones (excluding diaryl/α,β-unsaturated/α-hetero) is 1. The lowest BCUT2D eigenvalue weighted by molar-refractivity contribution is -0.145. The monoisotopic (exact) mass is 442 g/mol. The fourth-order valence-electron chi connectivity index (χ4n) is 3.10. The summed E-state index contributed by atoms with van der Waals surface area (Å²) in [5.41, 5.74) is 0.968. The van der Waals surface area contributed by atoms with Crippen LogP contribution in [0.4, 0.5) is 5.69 Å². The van der Waals surface area contributed by atoms with Gasteiger partial charge in [0.05, 0.1) is 22.4 Å². The molecule has 0 spiro atoms. The number of benzene rings is 2. The Bertz CT molecular complexity index is 1040. The molecule has 0 unspecified atom stereocenters. The third-order valence-corrected chi connectivity index (χ3v) is 4.95. The molecule has 0 saturated heterocycles. The minimum atomic E-state index is -0.853. The number of carbonyl (C=O) groups is 5. The second kappa shape index (κ2) is 6.68. The lowest BCUT2D eigenvalue weighted by Gasteiger charge is -2.18. The number of ketones is 1. The molecule has 0 aromatic heterocycles. The average Bonchev–Trinajstić information content (AvgIpc) is 3.06. The van der Waals surface area contributed by atoms with Gasteiger partial charge in [-0.3, -0.25) is 28.9 Å². The number of fused-ring (bicyclic) bond motifs is 2. The van der Waals surface area contributed by atoms with Crippen LogP contribution in [0.1, 0.15) is 31.1 Å². The van der Waals surface area contributed by atoms with E-state index < -0.39 is 42.7 Å². The van der Waals surface area contributed by atoms with Crippen LogP contribution >= 0.6 is 15.9 Å². The van der Waals surface area contributed by atoms with Crippen molar-refractivity contribution in [3.63, 3.8) is 0 Å². The lowest BCUT2D eigenvalue weighted by atomic mass is 10.1. The first-order chi connectivity index (χ1) is 13.4. The molecule has 0 bridgehead atoms. The van der Waals surface area contributed by atoms with Gasteiger partial charge in [0, 0.05) is 4.47 Å². The largest absolute Gasteiger partial charge is 0.442 e. The molecule has 0 aliphatic carbocycles. The Morgan fingerprint density at radius 2 is 1.50 bits per heavy atom. The summed E-state index contributed by atoms with van der Waals surface area (Å²) in [4.78, 5) is 62.7.